The Labute approximate surface area is 235 Å². The largest absolute Gasteiger partial charge is 0.399 e. The Morgan fingerprint density at radius 3 is 2.65 bits per heavy atom. The number of imidazole rings is 1. The molecule has 2 aromatic heterocycles. The molecule has 5 rings (SSSR count). The molecule has 2 fully saturated rings. The highest BCUT2D eigenvalue weighted by Gasteiger charge is 2.27. The van der Waals surface area contributed by atoms with Gasteiger partial charge in [0, 0.05) is 49.2 Å². The van der Waals surface area contributed by atoms with Crippen LogP contribution >= 0.6 is 0 Å². The van der Waals surface area contributed by atoms with E-state index in [2.05, 4.69) is 27.1 Å². The predicted octanol–water partition coefficient (Wildman–Crippen LogP) is 1.85. The van der Waals surface area contributed by atoms with Crippen molar-refractivity contribution in [3.05, 3.63) is 52.1 Å². The van der Waals surface area contributed by atoms with Crippen molar-refractivity contribution in [3.63, 3.8) is 0 Å². The van der Waals surface area contributed by atoms with Gasteiger partial charge in [-0.1, -0.05) is 37.7 Å². The highest BCUT2D eigenvalue weighted by Crippen LogP contribution is 2.26. The van der Waals surface area contributed by atoms with Crippen LogP contribution < -0.4 is 22.2 Å². The van der Waals surface area contributed by atoms with E-state index >= 15 is 0 Å². The van der Waals surface area contributed by atoms with Crippen LogP contribution in [0.4, 0.5) is 5.69 Å². The first-order valence-electron chi connectivity index (χ1n) is 14.4. The zero-order valence-corrected chi connectivity index (χ0v) is 23.2. The van der Waals surface area contributed by atoms with Gasteiger partial charge < -0.3 is 16.0 Å². The molecule has 40 heavy (non-hydrogen) atoms. The number of aromatic nitrogens is 3. The average Bonchev–Trinajstić information content (AvgIpc) is 3.32. The molecule has 2 aliphatic rings. The maximum absolute atomic E-state index is 13.0. The third-order valence-electron chi connectivity index (χ3n) is 8.50. The Balaban J connectivity index is 1.17. The minimum atomic E-state index is -0.352. The SMILES string of the molecule is [B]c1cc(C(=O)NCC(=O)N2CCC(n3c(=O)[nH]c4ncccc43)CC2)cc(CN(CC)C2CCCCC2)c1N. The number of rotatable bonds is 8. The number of nitrogen functional groups attached to an aromatic ring is 1. The second kappa shape index (κ2) is 12.3. The molecule has 2 amide bonds. The Morgan fingerprint density at radius 2 is 1.93 bits per heavy atom. The quantitative estimate of drug-likeness (QED) is 0.294. The van der Waals surface area contributed by atoms with E-state index in [4.69, 9.17) is 13.6 Å². The Morgan fingerprint density at radius 1 is 1.18 bits per heavy atom. The van der Waals surface area contributed by atoms with Crippen molar-refractivity contribution in [1.29, 1.82) is 0 Å². The van der Waals surface area contributed by atoms with Gasteiger partial charge in [-0.05, 0) is 56.0 Å². The molecule has 0 spiro atoms. The zero-order valence-electron chi connectivity index (χ0n) is 23.2. The van der Waals surface area contributed by atoms with Gasteiger partial charge in [-0.15, -0.1) is 0 Å². The number of nitrogens with two attached hydrogens (primary N) is 1. The molecule has 0 unspecified atom stereocenters. The summed E-state index contributed by atoms with van der Waals surface area (Å²) in [6, 6.07) is 7.56. The molecule has 1 aliphatic heterocycles. The summed E-state index contributed by atoms with van der Waals surface area (Å²) in [4.78, 5) is 49.6. The van der Waals surface area contributed by atoms with Crippen molar-refractivity contribution in [2.75, 3.05) is 31.9 Å². The van der Waals surface area contributed by atoms with Gasteiger partial charge in [0.1, 0.15) is 7.85 Å². The number of hydrogen-bond donors (Lipinski definition) is 3. The van der Waals surface area contributed by atoms with Crippen molar-refractivity contribution in [2.45, 2.75) is 70.5 Å². The van der Waals surface area contributed by atoms with Crippen LogP contribution in [0.5, 0.6) is 0 Å². The maximum atomic E-state index is 13.0. The summed E-state index contributed by atoms with van der Waals surface area (Å²) < 4.78 is 1.74. The number of benzene rings is 1. The topological polar surface area (TPSA) is 129 Å². The standard InChI is InChI=1S/C29H38BN7O3/c1-2-35(21-7-4-3-5-8-21)18-20-15-19(16-23(30)26(20)31)28(39)33-17-25(38)36-13-10-22(11-14-36)37-24-9-6-12-32-27(24)34-29(37)40/h6,9,12,15-16,21-22H,2-5,7-8,10-11,13-14,17-18,31H2,1H3,(H,33,39)(H,32,34,40). The average molecular weight is 543 g/mol. The van der Waals surface area contributed by atoms with Crippen LogP contribution in [0.1, 0.15) is 73.8 Å². The number of piperidine rings is 1. The number of amides is 2. The lowest BCUT2D eigenvalue weighted by Gasteiger charge is -2.34. The van der Waals surface area contributed by atoms with E-state index in [9.17, 15) is 14.4 Å². The van der Waals surface area contributed by atoms with Crippen LogP contribution in [0, 0.1) is 0 Å². The van der Waals surface area contributed by atoms with Crippen molar-refractivity contribution in [2.24, 2.45) is 0 Å². The minimum absolute atomic E-state index is 0.0171. The van der Waals surface area contributed by atoms with Crippen LogP contribution in [-0.2, 0) is 11.3 Å². The lowest BCUT2D eigenvalue weighted by Crippen LogP contribution is -2.45. The number of nitrogens with zero attached hydrogens (tertiary/aromatic N) is 4. The van der Waals surface area contributed by atoms with Crippen LogP contribution in [-0.4, -0.2) is 76.2 Å². The molecule has 3 aromatic rings. The first-order chi connectivity index (χ1) is 19.4. The molecular weight excluding hydrogens is 505 g/mol. The van der Waals surface area contributed by atoms with Crippen molar-refractivity contribution < 1.29 is 9.59 Å². The third kappa shape index (κ3) is 5.94. The summed E-state index contributed by atoms with van der Waals surface area (Å²) in [5.41, 5.74) is 9.60. The van der Waals surface area contributed by atoms with E-state index < -0.39 is 0 Å². The van der Waals surface area contributed by atoms with Crippen LogP contribution in [0.2, 0.25) is 0 Å². The number of carbonyl (C=O) groups is 2. The fourth-order valence-electron chi connectivity index (χ4n) is 6.23. The molecule has 1 saturated heterocycles. The fourth-order valence-corrected chi connectivity index (χ4v) is 6.23. The predicted molar refractivity (Wildman–Crippen MR) is 157 cm³/mol. The number of anilines is 1. The van der Waals surface area contributed by atoms with Crippen LogP contribution in [0.25, 0.3) is 11.2 Å². The first kappa shape index (κ1) is 28.0. The normalized spacial score (nSPS) is 17.0. The molecular formula is C29H38BN7O3. The summed E-state index contributed by atoms with van der Waals surface area (Å²) in [6.07, 6.45) is 9.07. The lowest BCUT2D eigenvalue weighted by atomic mass is 9.88. The van der Waals surface area contributed by atoms with Gasteiger partial charge in [0.25, 0.3) is 5.91 Å². The number of fused-ring (bicyclic) bond motifs is 1. The van der Waals surface area contributed by atoms with Gasteiger partial charge >= 0.3 is 5.69 Å². The molecule has 1 aliphatic carbocycles. The first-order valence-corrected chi connectivity index (χ1v) is 14.4. The summed E-state index contributed by atoms with van der Waals surface area (Å²) in [7, 11) is 6.20. The van der Waals surface area contributed by atoms with Gasteiger partial charge in [0.05, 0.1) is 12.1 Å². The van der Waals surface area contributed by atoms with E-state index in [1.165, 1.54) is 32.1 Å². The number of likely N-dealkylation sites (tertiary alicyclic amines) is 1. The van der Waals surface area contributed by atoms with Crippen molar-refractivity contribution in [3.8, 4) is 0 Å². The molecule has 1 aromatic carbocycles. The maximum Gasteiger partial charge on any atom is 0.327 e. The molecule has 11 heteroatoms. The number of H-pyrrole nitrogens is 1. The molecule has 3 heterocycles. The van der Waals surface area contributed by atoms with E-state index in [0.717, 1.165) is 17.6 Å². The number of carbonyl (C=O) groups excluding carboxylic acids is 2. The second-order valence-corrected chi connectivity index (χ2v) is 11.0. The molecule has 1 saturated carbocycles. The zero-order chi connectivity index (χ0) is 28.2. The fraction of sp³-hybridized carbons (Fsp3) is 0.517. The van der Waals surface area contributed by atoms with E-state index in [1.54, 1.807) is 27.8 Å². The Hall–Kier alpha value is -3.60. The Kier molecular flexibility index (Phi) is 8.59. The van der Waals surface area contributed by atoms with Gasteiger partial charge in [-0.25, -0.2) is 9.78 Å². The van der Waals surface area contributed by atoms with Gasteiger partial charge in [0.15, 0.2) is 5.65 Å². The highest BCUT2D eigenvalue weighted by molar-refractivity contribution is 6.36. The highest BCUT2D eigenvalue weighted by atomic mass is 16.2. The van der Waals surface area contributed by atoms with Gasteiger partial charge in [0.2, 0.25) is 5.91 Å². The number of pyridine rings is 1. The monoisotopic (exact) mass is 543 g/mol. The summed E-state index contributed by atoms with van der Waals surface area (Å²) >= 11 is 0. The molecule has 0 atom stereocenters. The minimum Gasteiger partial charge on any atom is -0.399 e. The summed E-state index contributed by atoms with van der Waals surface area (Å²) in [5.74, 6) is -0.507. The molecule has 0 bridgehead atoms. The van der Waals surface area contributed by atoms with Crippen LogP contribution in [0.15, 0.2) is 35.3 Å². The van der Waals surface area contributed by atoms with Crippen molar-refractivity contribution >= 4 is 42.0 Å². The smallest absolute Gasteiger partial charge is 0.327 e. The molecule has 210 valence electrons. The summed E-state index contributed by atoms with van der Waals surface area (Å²) in [6.45, 7) is 4.59. The number of nitrogens with one attached hydrogen (secondary N) is 2. The second-order valence-electron chi connectivity index (χ2n) is 11.0. The lowest BCUT2D eigenvalue weighted by molar-refractivity contribution is -0.131. The third-order valence-corrected chi connectivity index (χ3v) is 8.50. The number of hydrogen-bond acceptors (Lipinski definition) is 6. The number of aromatic amines is 1. The van der Waals surface area contributed by atoms with E-state index in [0.29, 0.717) is 60.9 Å². The summed E-state index contributed by atoms with van der Waals surface area (Å²) in [5, 5.41) is 2.76. The molecule has 2 radical (unpaired) electrons. The molecule has 4 N–H and O–H groups in total. The van der Waals surface area contributed by atoms with Gasteiger partial charge in [-0.3, -0.25) is 24.0 Å². The van der Waals surface area contributed by atoms with Crippen molar-refractivity contribution in [1.82, 2.24) is 29.7 Å². The van der Waals surface area contributed by atoms with E-state index in [-0.39, 0.29) is 30.1 Å². The Bertz CT molecular complexity index is 1420. The molecule has 10 nitrogen and oxygen atoms in total. The van der Waals surface area contributed by atoms with Crippen LogP contribution in [0.3, 0.4) is 0 Å². The van der Waals surface area contributed by atoms with Gasteiger partial charge in [-0.2, -0.15) is 0 Å². The van der Waals surface area contributed by atoms with E-state index in [1.807, 2.05) is 12.1 Å².